The molecule has 93 heavy (non-hydrogen) atoms. The van der Waals surface area contributed by atoms with E-state index in [0.29, 0.717) is 48.8 Å². The Balaban J connectivity index is 0.853. The van der Waals surface area contributed by atoms with Crippen LogP contribution in [0.2, 0.25) is 51.4 Å². The van der Waals surface area contributed by atoms with Gasteiger partial charge in [0.2, 0.25) is 11.8 Å². The van der Waals surface area contributed by atoms with Gasteiger partial charge in [0.15, 0.2) is 23.0 Å². The number of benzene rings is 4. The summed E-state index contributed by atoms with van der Waals surface area (Å²) in [4.78, 5) is 106. The normalized spacial score (nSPS) is 17.7. The van der Waals surface area contributed by atoms with Crippen LogP contribution in [0.5, 0.6) is 23.0 Å². The van der Waals surface area contributed by atoms with Gasteiger partial charge in [0.25, 0.3) is 23.6 Å². The SMILES string of the molecule is C/C=C/C1=CN2C(=O)c3cc(OC)c(OCCCOc4cc5c(cc4OC)C(=O)N4C=C(/C=C/CNC(=O)[C@H](C)NC(=O)[C@H](C(C)C)N(CC6c7ccccc7-c7ccccc76)C(=O)O)C[C@H]4C(=O)N5COCC[Si](C)(C)C)cc3N(COCC[Si](C)(C)C)C(=O)[C@@H]2C1. The van der Waals surface area contributed by atoms with Crippen molar-refractivity contribution >= 4 is 69.1 Å². The second kappa shape index (κ2) is 29.6. The minimum absolute atomic E-state index is 0.0393. The number of amides is 7. The summed E-state index contributed by atoms with van der Waals surface area (Å²) in [5.41, 5.74) is 6.65. The zero-order valence-corrected chi connectivity index (χ0v) is 57.5. The number of hydrogen-bond donors (Lipinski definition) is 3. The van der Waals surface area contributed by atoms with Crippen molar-refractivity contribution in [2.24, 2.45) is 5.92 Å². The molecule has 9 rings (SSSR count). The summed E-state index contributed by atoms with van der Waals surface area (Å²) in [5, 5.41) is 16.2. The fraction of sp³-hybridized carbons (Fsp3) is 0.443. The number of methoxy groups -OCH3 is 2. The Kier molecular flexibility index (Phi) is 21.9. The van der Waals surface area contributed by atoms with Crippen LogP contribution in [0.3, 0.4) is 0 Å². The Hall–Kier alpha value is -8.52. The van der Waals surface area contributed by atoms with Gasteiger partial charge in [-0.3, -0.25) is 43.5 Å². The molecule has 4 aromatic rings. The van der Waals surface area contributed by atoms with Gasteiger partial charge in [0, 0.05) is 92.2 Å². The Morgan fingerprint density at radius 1 is 0.645 bits per heavy atom. The molecular weight excluding hydrogens is 1220 g/mol. The van der Waals surface area contributed by atoms with Crippen LogP contribution in [0, 0.1) is 5.92 Å². The van der Waals surface area contributed by atoms with Gasteiger partial charge in [-0.1, -0.05) is 126 Å². The Morgan fingerprint density at radius 3 is 1.56 bits per heavy atom. The van der Waals surface area contributed by atoms with E-state index in [4.69, 9.17) is 28.4 Å². The van der Waals surface area contributed by atoms with E-state index in [9.17, 15) is 38.7 Å². The second-order valence-electron chi connectivity index (χ2n) is 26.8. The smallest absolute Gasteiger partial charge is 0.408 e. The molecular formula is C70H89N7O14Si2. The van der Waals surface area contributed by atoms with Crippen molar-refractivity contribution in [1.82, 2.24) is 25.3 Å². The van der Waals surface area contributed by atoms with E-state index in [-0.39, 0.29) is 98.1 Å². The minimum atomic E-state index is -1.54. The highest BCUT2D eigenvalue weighted by Gasteiger charge is 2.45. The van der Waals surface area contributed by atoms with Gasteiger partial charge >= 0.3 is 6.09 Å². The fourth-order valence-electron chi connectivity index (χ4n) is 12.3. The van der Waals surface area contributed by atoms with Crippen molar-refractivity contribution in [3.05, 3.63) is 143 Å². The average molecular weight is 1310 g/mol. The summed E-state index contributed by atoms with van der Waals surface area (Å²) < 4.78 is 36.7. The first-order valence-corrected chi connectivity index (χ1v) is 39.3. The lowest BCUT2D eigenvalue weighted by Crippen LogP contribution is -2.56. The van der Waals surface area contributed by atoms with Crippen LogP contribution in [0.4, 0.5) is 16.2 Å². The lowest BCUT2D eigenvalue weighted by atomic mass is 9.94. The summed E-state index contributed by atoms with van der Waals surface area (Å²) in [6, 6.07) is 20.1. The predicted molar refractivity (Wildman–Crippen MR) is 361 cm³/mol. The molecule has 0 spiro atoms. The molecule has 4 aromatic carbocycles. The van der Waals surface area contributed by atoms with E-state index < -0.39 is 70.0 Å². The molecule has 23 heteroatoms. The van der Waals surface area contributed by atoms with Gasteiger partial charge in [-0.2, -0.15) is 0 Å². The number of carbonyl (C=O) groups excluding carboxylic acids is 6. The number of hydrogen-bond acceptors (Lipinski definition) is 13. The topological polar surface area (TPSA) is 235 Å². The summed E-state index contributed by atoms with van der Waals surface area (Å²) in [5.74, 6) is -2.10. The molecule has 1 aliphatic carbocycles. The monoisotopic (exact) mass is 1310 g/mol. The first kappa shape index (κ1) is 68.8. The predicted octanol–water partition coefficient (Wildman–Crippen LogP) is 10.6. The maximum absolute atomic E-state index is 14.8. The lowest BCUT2D eigenvalue weighted by Gasteiger charge is -2.34. The Labute approximate surface area is 547 Å². The number of nitrogens with one attached hydrogen (secondary N) is 2. The molecule has 0 radical (unpaired) electrons. The van der Waals surface area contributed by atoms with Gasteiger partial charge in [-0.05, 0) is 77.4 Å². The molecule has 496 valence electrons. The van der Waals surface area contributed by atoms with E-state index in [1.54, 1.807) is 62.7 Å². The number of nitrogens with zero attached hydrogens (tertiary/aromatic N) is 5. The van der Waals surface area contributed by atoms with Crippen LogP contribution in [-0.2, 0) is 28.7 Å². The van der Waals surface area contributed by atoms with Crippen molar-refractivity contribution in [1.29, 1.82) is 0 Å². The minimum Gasteiger partial charge on any atom is -0.493 e. The van der Waals surface area contributed by atoms with E-state index in [1.165, 1.54) is 45.6 Å². The van der Waals surface area contributed by atoms with Crippen LogP contribution < -0.4 is 39.4 Å². The van der Waals surface area contributed by atoms with Gasteiger partial charge in [-0.15, -0.1) is 0 Å². The van der Waals surface area contributed by atoms with Crippen molar-refractivity contribution in [3.8, 4) is 34.1 Å². The molecule has 21 nitrogen and oxygen atoms in total. The number of fused-ring (bicyclic) bond motifs is 7. The molecule has 5 aliphatic rings. The third kappa shape index (κ3) is 15.8. The van der Waals surface area contributed by atoms with Crippen LogP contribution in [0.1, 0.15) is 84.7 Å². The molecule has 0 bridgehead atoms. The molecule has 4 heterocycles. The first-order chi connectivity index (χ1) is 44.3. The van der Waals surface area contributed by atoms with E-state index in [1.807, 2.05) is 67.6 Å². The van der Waals surface area contributed by atoms with Gasteiger partial charge in [0.05, 0.1) is 49.9 Å². The third-order valence-electron chi connectivity index (χ3n) is 17.2. The van der Waals surface area contributed by atoms with E-state index >= 15 is 0 Å². The molecule has 0 unspecified atom stereocenters. The number of anilines is 2. The van der Waals surface area contributed by atoms with Crippen molar-refractivity contribution in [2.45, 2.75) is 128 Å². The van der Waals surface area contributed by atoms with Gasteiger partial charge < -0.3 is 54.0 Å². The zero-order chi connectivity index (χ0) is 67.1. The summed E-state index contributed by atoms with van der Waals surface area (Å²) in [6.45, 7) is 21.4. The quantitative estimate of drug-likeness (QED) is 0.0339. The summed E-state index contributed by atoms with van der Waals surface area (Å²) >= 11 is 0. The number of allylic oxidation sites excluding steroid dienone is 3. The molecule has 7 amide bonds. The molecule has 4 atom stereocenters. The average Bonchev–Trinajstić information content (AvgIpc) is 1.65. The largest absolute Gasteiger partial charge is 0.493 e. The third-order valence-corrected chi connectivity index (χ3v) is 20.6. The van der Waals surface area contributed by atoms with Crippen LogP contribution >= 0.6 is 0 Å². The summed E-state index contributed by atoms with van der Waals surface area (Å²) in [7, 11) is -0.0395. The number of carboxylic acid groups (broad SMARTS) is 1. The standard InChI is InChI=1S/C70H89N7O14Si2/c1-13-20-46-33-57-68(82)76(42-88-29-31-92(7,8)9)55-37-61(59(86-5)35-52(55)66(80)73(57)39-46)90-27-19-28-91-62-38-56-53(36-60(62)87-6)67(81)74-40-47(34-58(74)69(83)77(56)43-89-30-32-93(10,11)12)21-18-26-71-64(78)45(4)72-65(79)63(44(2)3)75(70(84)85)41-54-50-24-16-14-22-48(50)49-23-15-17-25-51(49)54/h13-18,20-25,35-40,44-45,54,57-58,63H,19,26-34,41-43H2,1-12H3,(H,71,78)(H,72,79)(H,84,85)/b20-13+,21-18+/t45-,57-,58-,63-/m0/s1. The number of rotatable bonds is 29. The van der Waals surface area contributed by atoms with Crippen LogP contribution in [0.25, 0.3) is 11.1 Å². The van der Waals surface area contributed by atoms with Gasteiger partial charge in [0.1, 0.15) is 37.6 Å². The highest BCUT2D eigenvalue weighted by atomic mass is 28.3. The highest BCUT2D eigenvalue weighted by molar-refractivity contribution is 6.76. The summed E-state index contributed by atoms with van der Waals surface area (Å²) in [6.07, 6.45) is 10.2. The fourth-order valence-corrected chi connectivity index (χ4v) is 13.8. The highest BCUT2D eigenvalue weighted by Crippen LogP contribution is 2.46. The molecule has 3 N–H and O–H groups in total. The van der Waals surface area contributed by atoms with Crippen LogP contribution in [-0.4, -0.2) is 169 Å². The van der Waals surface area contributed by atoms with E-state index in [0.717, 1.165) is 39.9 Å². The van der Waals surface area contributed by atoms with Crippen LogP contribution in [0.15, 0.2) is 121 Å². The van der Waals surface area contributed by atoms with Crippen molar-refractivity contribution in [2.75, 3.05) is 77.0 Å². The van der Waals surface area contributed by atoms with E-state index in [2.05, 4.69) is 49.9 Å². The molecule has 0 fully saturated rings. The van der Waals surface area contributed by atoms with Crippen molar-refractivity contribution in [3.63, 3.8) is 0 Å². The van der Waals surface area contributed by atoms with Gasteiger partial charge in [-0.25, -0.2) is 4.79 Å². The molecule has 0 saturated heterocycles. The Bertz CT molecular complexity index is 3580. The first-order valence-electron chi connectivity index (χ1n) is 31.9. The molecule has 0 saturated carbocycles. The zero-order valence-electron chi connectivity index (χ0n) is 55.5. The second-order valence-corrected chi connectivity index (χ2v) is 38.1. The maximum Gasteiger partial charge on any atom is 0.408 e. The Morgan fingerprint density at radius 2 is 1.12 bits per heavy atom. The van der Waals surface area contributed by atoms with Crippen molar-refractivity contribution < 1.29 is 67.1 Å². The maximum atomic E-state index is 14.8. The molecule has 4 aliphatic heterocycles. The lowest BCUT2D eigenvalue weighted by molar-refractivity contribution is -0.132. The number of carbonyl (C=O) groups is 7. The molecule has 0 aromatic heterocycles. The number of ether oxygens (including phenoxy) is 6.